The highest BCUT2D eigenvalue weighted by atomic mass is 79.9. The van der Waals surface area contributed by atoms with Gasteiger partial charge in [0, 0.05) is 16.7 Å². The van der Waals surface area contributed by atoms with Crippen molar-refractivity contribution < 1.29 is 22.7 Å². The van der Waals surface area contributed by atoms with E-state index in [4.69, 9.17) is 15.8 Å². The molecule has 5 nitrogen and oxygen atoms in total. The lowest BCUT2D eigenvalue weighted by Gasteiger charge is -1.86. The van der Waals surface area contributed by atoms with Gasteiger partial charge >= 0.3 is 5.97 Å². The summed E-state index contributed by atoms with van der Waals surface area (Å²) in [6.45, 7) is 0. The Balaban J connectivity index is 3.35. The zero-order chi connectivity index (χ0) is 10.2. The topological polar surface area (TPSA) is 84.6 Å². The molecule has 13 heavy (non-hydrogen) atoms. The minimum atomic E-state index is -3.98. The predicted molar refractivity (Wildman–Crippen MR) is 46.4 cm³/mol. The summed E-state index contributed by atoms with van der Waals surface area (Å²) in [6.07, 6.45) is 0. The Labute approximate surface area is 85.8 Å². The normalized spacial score (nSPS) is 11.5. The van der Waals surface area contributed by atoms with Gasteiger partial charge in [-0.3, -0.25) is 0 Å². The third kappa shape index (κ3) is 2.23. The van der Waals surface area contributed by atoms with Gasteiger partial charge in [0.2, 0.25) is 5.76 Å². The maximum Gasteiger partial charge on any atom is 0.371 e. The zero-order valence-corrected chi connectivity index (χ0v) is 8.98. The first kappa shape index (κ1) is 10.6. The number of carboxylic acid groups (broad SMARTS) is 1. The van der Waals surface area contributed by atoms with Crippen LogP contribution in [0.4, 0.5) is 0 Å². The van der Waals surface area contributed by atoms with Crippen molar-refractivity contribution >= 4 is 41.6 Å². The van der Waals surface area contributed by atoms with Crippen LogP contribution in [0.15, 0.2) is 20.0 Å². The zero-order valence-electron chi connectivity index (χ0n) is 5.82. The number of rotatable bonds is 2. The van der Waals surface area contributed by atoms with Crippen LogP contribution in [0, 0.1) is 0 Å². The lowest BCUT2D eigenvalue weighted by Crippen LogP contribution is -1.92. The van der Waals surface area contributed by atoms with Crippen LogP contribution in [0.3, 0.4) is 0 Å². The molecule has 1 heterocycles. The minimum absolute atomic E-state index is 0.222. The molecule has 0 unspecified atom stereocenters. The summed E-state index contributed by atoms with van der Waals surface area (Å²) in [6, 6.07) is 0.828. The number of carboxylic acids is 1. The van der Waals surface area contributed by atoms with Crippen molar-refractivity contribution in [3.05, 3.63) is 16.5 Å². The van der Waals surface area contributed by atoms with E-state index in [2.05, 4.69) is 20.3 Å². The summed E-state index contributed by atoms with van der Waals surface area (Å²) in [7, 11) is 0.993. The molecular formula is C5H2BrClO5S. The molecule has 0 amide bonds. The van der Waals surface area contributed by atoms with Crippen molar-refractivity contribution in [2.24, 2.45) is 0 Å². The van der Waals surface area contributed by atoms with Crippen molar-refractivity contribution in [1.82, 2.24) is 0 Å². The highest BCUT2D eigenvalue weighted by molar-refractivity contribution is 9.10. The number of aromatic carboxylic acids is 1. The van der Waals surface area contributed by atoms with Gasteiger partial charge in [-0.2, -0.15) is 0 Å². The van der Waals surface area contributed by atoms with Crippen LogP contribution in [0.5, 0.6) is 0 Å². The van der Waals surface area contributed by atoms with Crippen LogP contribution in [-0.4, -0.2) is 19.5 Å². The van der Waals surface area contributed by atoms with Gasteiger partial charge in [0.25, 0.3) is 9.05 Å². The molecule has 1 aromatic heterocycles. The van der Waals surface area contributed by atoms with E-state index in [9.17, 15) is 13.2 Å². The molecule has 0 saturated carbocycles. The predicted octanol–water partition coefficient (Wildman–Crippen LogP) is 1.67. The van der Waals surface area contributed by atoms with Crippen LogP contribution in [0.25, 0.3) is 0 Å². The van der Waals surface area contributed by atoms with Crippen LogP contribution in [-0.2, 0) is 9.05 Å². The molecule has 8 heteroatoms. The molecule has 1 N–H and O–H groups in total. The number of hydrogen-bond donors (Lipinski definition) is 1. The van der Waals surface area contributed by atoms with E-state index in [1.165, 1.54) is 0 Å². The van der Waals surface area contributed by atoms with Crippen LogP contribution in [0.1, 0.15) is 10.6 Å². The molecule has 0 bridgehead atoms. The van der Waals surface area contributed by atoms with Gasteiger partial charge in [-0.15, -0.1) is 0 Å². The highest BCUT2D eigenvalue weighted by Crippen LogP contribution is 2.28. The minimum Gasteiger partial charge on any atom is -0.475 e. The number of hydrogen-bond acceptors (Lipinski definition) is 4. The first-order valence-corrected chi connectivity index (χ1v) is 5.90. The molecule has 0 aliphatic rings. The summed E-state index contributed by atoms with van der Waals surface area (Å²) in [5.41, 5.74) is 0. The standard InChI is InChI=1S/C5H2BrClO5S/c6-4-3(13(7,10)11)1-2(12-4)5(8)9/h1H,(H,8,9). The molecule has 0 aliphatic carbocycles. The van der Waals surface area contributed by atoms with E-state index in [1.807, 2.05) is 0 Å². The SMILES string of the molecule is O=C(O)c1cc(S(=O)(=O)Cl)c(Br)o1. The second-order valence-corrected chi connectivity index (χ2v) is 5.25. The molecule has 0 fully saturated rings. The molecule has 0 atom stereocenters. The van der Waals surface area contributed by atoms with E-state index in [-0.39, 0.29) is 4.67 Å². The second kappa shape index (κ2) is 3.32. The Morgan fingerprint density at radius 2 is 2.15 bits per heavy atom. The Hall–Kier alpha value is -0.530. The molecule has 1 aromatic rings. The van der Waals surface area contributed by atoms with Gasteiger partial charge < -0.3 is 9.52 Å². The molecular weight excluding hydrogens is 287 g/mol. The van der Waals surface area contributed by atoms with Gasteiger partial charge in [-0.05, 0) is 15.9 Å². The molecule has 72 valence electrons. The fraction of sp³-hybridized carbons (Fsp3) is 0. The quantitative estimate of drug-likeness (QED) is 0.837. The second-order valence-electron chi connectivity index (χ2n) is 1.99. The largest absolute Gasteiger partial charge is 0.475 e. The summed E-state index contributed by atoms with van der Waals surface area (Å²) >= 11 is 2.73. The van der Waals surface area contributed by atoms with Crippen LogP contribution >= 0.6 is 26.6 Å². The number of halogens is 2. The van der Waals surface area contributed by atoms with Crippen molar-refractivity contribution in [3.63, 3.8) is 0 Å². The Morgan fingerprint density at radius 1 is 1.62 bits per heavy atom. The lowest BCUT2D eigenvalue weighted by atomic mass is 10.5. The highest BCUT2D eigenvalue weighted by Gasteiger charge is 2.22. The Kier molecular flexibility index (Phi) is 2.69. The van der Waals surface area contributed by atoms with Crippen LogP contribution in [0.2, 0.25) is 0 Å². The molecule has 0 radical (unpaired) electrons. The Bertz CT molecular complexity index is 447. The molecule has 0 saturated heterocycles. The summed E-state index contributed by atoms with van der Waals surface area (Å²) in [4.78, 5) is 9.94. The van der Waals surface area contributed by atoms with Gasteiger partial charge in [-0.1, -0.05) is 0 Å². The van der Waals surface area contributed by atoms with Crippen molar-refractivity contribution in [2.45, 2.75) is 4.90 Å². The van der Waals surface area contributed by atoms with Gasteiger partial charge in [-0.25, -0.2) is 13.2 Å². The van der Waals surface area contributed by atoms with E-state index >= 15 is 0 Å². The first-order chi connectivity index (χ1) is 5.82. The van der Waals surface area contributed by atoms with E-state index < -0.39 is 25.7 Å². The summed E-state index contributed by atoms with van der Waals surface area (Å²) in [5.74, 6) is -1.86. The smallest absolute Gasteiger partial charge is 0.371 e. The van der Waals surface area contributed by atoms with Crippen molar-refractivity contribution in [3.8, 4) is 0 Å². The van der Waals surface area contributed by atoms with E-state index in [1.54, 1.807) is 0 Å². The third-order valence-corrected chi connectivity index (χ3v) is 3.31. The maximum absolute atomic E-state index is 10.8. The summed E-state index contributed by atoms with van der Waals surface area (Å²) in [5, 5.41) is 8.44. The van der Waals surface area contributed by atoms with Gasteiger partial charge in [0.1, 0.15) is 4.90 Å². The average molecular weight is 289 g/mol. The molecule has 0 spiro atoms. The van der Waals surface area contributed by atoms with Crippen molar-refractivity contribution in [2.75, 3.05) is 0 Å². The number of furan rings is 1. The third-order valence-electron chi connectivity index (χ3n) is 1.13. The van der Waals surface area contributed by atoms with Gasteiger partial charge in [0.05, 0.1) is 0 Å². The first-order valence-electron chi connectivity index (χ1n) is 2.79. The molecule has 1 rings (SSSR count). The van der Waals surface area contributed by atoms with Gasteiger partial charge in [0.15, 0.2) is 4.67 Å². The maximum atomic E-state index is 10.8. The molecule has 0 aliphatic heterocycles. The summed E-state index contributed by atoms with van der Waals surface area (Å²) < 4.78 is 25.9. The fourth-order valence-corrected chi connectivity index (χ4v) is 2.66. The molecule has 0 aromatic carbocycles. The monoisotopic (exact) mass is 288 g/mol. The Morgan fingerprint density at radius 3 is 2.38 bits per heavy atom. The lowest BCUT2D eigenvalue weighted by molar-refractivity contribution is 0.0661. The van der Waals surface area contributed by atoms with E-state index in [0.717, 1.165) is 6.07 Å². The average Bonchev–Trinajstić information content (AvgIpc) is 2.29. The van der Waals surface area contributed by atoms with E-state index in [0.29, 0.717) is 0 Å². The van der Waals surface area contributed by atoms with Crippen LogP contribution < -0.4 is 0 Å². The fourth-order valence-electron chi connectivity index (χ4n) is 0.624. The van der Waals surface area contributed by atoms with Crippen molar-refractivity contribution in [1.29, 1.82) is 0 Å². The number of carbonyl (C=O) groups is 1.